The molecular formula is C24H36FN5O2. The molecule has 3 aliphatic rings. The predicted molar refractivity (Wildman–Crippen MR) is 123 cm³/mol. The lowest BCUT2D eigenvalue weighted by Gasteiger charge is -2.38. The summed E-state index contributed by atoms with van der Waals surface area (Å²) in [6.45, 7) is 8.30. The van der Waals surface area contributed by atoms with Crippen molar-refractivity contribution >= 4 is 17.6 Å². The number of carbonyl (C=O) groups is 2. The summed E-state index contributed by atoms with van der Waals surface area (Å²) in [6, 6.07) is 5.13. The Morgan fingerprint density at radius 2 is 1.72 bits per heavy atom. The monoisotopic (exact) mass is 445 g/mol. The molecule has 0 spiro atoms. The molecule has 0 saturated carbocycles. The first-order chi connectivity index (χ1) is 15.5. The van der Waals surface area contributed by atoms with E-state index in [-0.39, 0.29) is 23.8 Å². The van der Waals surface area contributed by atoms with Crippen LogP contribution in [0.1, 0.15) is 37.7 Å². The second-order valence-electron chi connectivity index (χ2n) is 9.39. The average Bonchev–Trinajstić information content (AvgIpc) is 2.82. The molecule has 176 valence electrons. The van der Waals surface area contributed by atoms with Crippen LogP contribution in [0.25, 0.3) is 0 Å². The van der Waals surface area contributed by atoms with Gasteiger partial charge >= 0.3 is 6.03 Å². The molecular weight excluding hydrogens is 409 g/mol. The highest BCUT2D eigenvalue weighted by Gasteiger charge is 2.28. The molecule has 1 atom stereocenters. The summed E-state index contributed by atoms with van der Waals surface area (Å²) >= 11 is 0. The van der Waals surface area contributed by atoms with Crippen LogP contribution in [-0.4, -0.2) is 91.6 Å². The smallest absolute Gasteiger partial charge is 0.317 e. The van der Waals surface area contributed by atoms with E-state index in [1.165, 1.54) is 12.5 Å². The number of piperazine rings is 1. The third-order valence-corrected chi connectivity index (χ3v) is 6.92. The topological polar surface area (TPSA) is 59.1 Å². The molecule has 3 aliphatic heterocycles. The Morgan fingerprint density at radius 1 is 0.969 bits per heavy atom. The zero-order valence-electron chi connectivity index (χ0n) is 19.2. The highest BCUT2D eigenvalue weighted by Crippen LogP contribution is 2.24. The summed E-state index contributed by atoms with van der Waals surface area (Å²) in [5.41, 5.74) is 1.65. The van der Waals surface area contributed by atoms with Crippen LogP contribution in [0.5, 0.6) is 0 Å². The number of anilines is 1. The number of nitrogens with zero attached hydrogens (tertiary/aromatic N) is 4. The van der Waals surface area contributed by atoms with E-state index in [0.29, 0.717) is 31.9 Å². The average molecular weight is 446 g/mol. The van der Waals surface area contributed by atoms with Gasteiger partial charge in [-0.3, -0.25) is 9.69 Å². The van der Waals surface area contributed by atoms with E-state index < -0.39 is 0 Å². The first-order valence-corrected chi connectivity index (χ1v) is 12.1. The fourth-order valence-electron chi connectivity index (χ4n) is 4.99. The van der Waals surface area contributed by atoms with Crippen molar-refractivity contribution in [2.24, 2.45) is 0 Å². The SMILES string of the molecule is Cc1ccc(F)c(N2CCCC(NC(=O)N3CCN(CC(=O)N4CCCCC4)CC3)C2)c1. The molecule has 1 aromatic rings. The Hall–Kier alpha value is -2.35. The quantitative estimate of drug-likeness (QED) is 0.774. The molecule has 7 nitrogen and oxygen atoms in total. The molecule has 1 unspecified atom stereocenters. The number of piperidine rings is 2. The second-order valence-corrected chi connectivity index (χ2v) is 9.39. The van der Waals surface area contributed by atoms with E-state index in [1.54, 1.807) is 6.07 Å². The van der Waals surface area contributed by atoms with Gasteiger partial charge in [0.1, 0.15) is 5.82 Å². The third-order valence-electron chi connectivity index (χ3n) is 6.92. The van der Waals surface area contributed by atoms with Crippen LogP contribution in [0.2, 0.25) is 0 Å². The fourth-order valence-corrected chi connectivity index (χ4v) is 4.99. The standard InChI is InChI=1S/C24H36FN5O2/c1-19-7-8-21(25)22(16-19)30-11-5-6-20(17-30)26-24(32)29-14-12-27(13-15-29)18-23(31)28-9-3-2-4-10-28/h7-8,16,20H,2-6,9-15,17-18H2,1H3,(H,26,32). The van der Waals surface area contributed by atoms with Crippen LogP contribution >= 0.6 is 0 Å². The van der Waals surface area contributed by atoms with Crippen molar-refractivity contribution in [3.63, 3.8) is 0 Å². The van der Waals surface area contributed by atoms with Crippen molar-refractivity contribution in [2.45, 2.75) is 45.1 Å². The Morgan fingerprint density at radius 3 is 2.47 bits per heavy atom. The van der Waals surface area contributed by atoms with Crippen molar-refractivity contribution in [3.05, 3.63) is 29.6 Å². The summed E-state index contributed by atoms with van der Waals surface area (Å²) in [4.78, 5) is 33.4. The van der Waals surface area contributed by atoms with Crippen LogP contribution in [0, 0.1) is 12.7 Å². The lowest BCUT2D eigenvalue weighted by atomic mass is 10.0. The minimum Gasteiger partial charge on any atom is -0.367 e. The van der Waals surface area contributed by atoms with Gasteiger partial charge in [0.2, 0.25) is 5.91 Å². The molecule has 0 aliphatic carbocycles. The van der Waals surface area contributed by atoms with Gasteiger partial charge in [-0.1, -0.05) is 6.07 Å². The van der Waals surface area contributed by atoms with Gasteiger partial charge in [0.25, 0.3) is 0 Å². The summed E-state index contributed by atoms with van der Waals surface area (Å²) in [7, 11) is 0. The van der Waals surface area contributed by atoms with Gasteiger partial charge in [-0.2, -0.15) is 0 Å². The first-order valence-electron chi connectivity index (χ1n) is 12.1. The zero-order chi connectivity index (χ0) is 22.5. The number of benzene rings is 1. The molecule has 3 amide bonds. The zero-order valence-corrected chi connectivity index (χ0v) is 19.2. The normalized spacial score (nSPS) is 22.7. The Labute approximate surface area is 190 Å². The van der Waals surface area contributed by atoms with Crippen LogP contribution in [-0.2, 0) is 4.79 Å². The number of amides is 3. The predicted octanol–water partition coefficient (Wildman–Crippen LogP) is 2.44. The van der Waals surface area contributed by atoms with Gasteiger partial charge in [0, 0.05) is 58.4 Å². The van der Waals surface area contributed by atoms with Crippen LogP contribution in [0.4, 0.5) is 14.9 Å². The van der Waals surface area contributed by atoms with E-state index in [0.717, 1.165) is 64.0 Å². The van der Waals surface area contributed by atoms with Crippen molar-refractivity contribution < 1.29 is 14.0 Å². The van der Waals surface area contributed by atoms with Crippen molar-refractivity contribution in [2.75, 3.05) is 63.8 Å². The first kappa shape index (κ1) is 22.8. The molecule has 3 heterocycles. The van der Waals surface area contributed by atoms with Gasteiger partial charge in [-0.25, -0.2) is 9.18 Å². The number of likely N-dealkylation sites (tertiary alicyclic amines) is 1. The number of aryl methyl sites for hydroxylation is 1. The maximum absolute atomic E-state index is 14.3. The van der Waals surface area contributed by atoms with E-state index in [4.69, 9.17) is 0 Å². The third kappa shape index (κ3) is 5.71. The summed E-state index contributed by atoms with van der Waals surface area (Å²) in [5.74, 6) is 0.00563. The highest BCUT2D eigenvalue weighted by atomic mass is 19.1. The fraction of sp³-hybridized carbons (Fsp3) is 0.667. The van der Waals surface area contributed by atoms with Gasteiger partial charge < -0.3 is 20.0 Å². The number of hydrogen-bond acceptors (Lipinski definition) is 4. The van der Waals surface area contributed by atoms with E-state index >= 15 is 0 Å². The number of urea groups is 1. The van der Waals surface area contributed by atoms with E-state index in [1.807, 2.05) is 27.7 Å². The van der Waals surface area contributed by atoms with Crippen molar-refractivity contribution in [1.29, 1.82) is 0 Å². The van der Waals surface area contributed by atoms with Crippen molar-refractivity contribution in [3.8, 4) is 0 Å². The van der Waals surface area contributed by atoms with Gasteiger partial charge in [-0.05, 0) is 56.7 Å². The molecule has 3 fully saturated rings. The Balaban J connectivity index is 1.23. The van der Waals surface area contributed by atoms with Gasteiger partial charge in [0.05, 0.1) is 12.2 Å². The number of nitrogens with one attached hydrogen (secondary N) is 1. The largest absolute Gasteiger partial charge is 0.367 e. The summed E-state index contributed by atoms with van der Waals surface area (Å²) in [6.07, 6.45) is 5.25. The number of hydrogen-bond donors (Lipinski definition) is 1. The molecule has 32 heavy (non-hydrogen) atoms. The lowest BCUT2D eigenvalue weighted by molar-refractivity contribution is -0.133. The molecule has 3 saturated heterocycles. The minimum atomic E-state index is -0.210. The molecule has 0 bridgehead atoms. The van der Waals surface area contributed by atoms with Crippen LogP contribution in [0.15, 0.2) is 18.2 Å². The maximum atomic E-state index is 14.3. The highest BCUT2D eigenvalue weighted by molar-refractivity contribution is 5.78. The molecule has 0 aromatic heterocycles. The number of carbonyl (C=O) groups excluding carboxylic acids is 2. The lowest BCUT2D eigenvalue weighted by Crippen LogP contribution is -2.57. The van der Waals surface area contributed by atoms with Gasteiger partial charge in [-0.15, -0.1) is 0 Å². The van der Waals surface area contributed by atoms with Crippen LogP contribution in [0.3, 0.4) is 0 Å². The molecule has 1 N–H and O–H groups in total. The molecule has 0 radical (unpaired) electrons. The maximum Gasteiger partial charge on any atom is 0.317 e. The molecule has 1 aromatic carbocycles. The molecule has 4 rings (SSSR count). The van der Waals surface area contributed by atoms with Gasteiger partial charge in [0.15, 0.2) is 0 Å². The van der Waals surface area contributed by atoms with Crippen LogP contribution < -0.4 is 10.2 Å². The number of rotatable bonds is 4. The second kappa shape index (κ2) is 10.5. The van der Waals surface area contributed by atoms with E-state index in [2.05, 4.69) is 10.2 Å². The Bertz CT molecular complexity index is 806. The molecule has 8 heteroatoms. The summed E-state index contributed by atoms with van der Waals surface area (Å²) in [5, 5.41) is 3.16. The minimum absolute atomic E-state index is 0.00914. The Kier molecular flexibility index (Phi) is 7.50. The summed E-state index contributed by atoms with van der Waals surface area (Å²) < 4.78 is 14.3. The van der Waals surface area contributed by atoms with E-state index in [9.17, 15) is 14.0 Å². The number of halogens is 1. The van der Waals surface area contributed by atoms with Crippen molar-refractivity contribution in [1.82, 2.24) is 20.0 Å².